The van der Waals surface area contributed by atoms with Crippen molar-refractivity contribution in [3.63, 3.8) is 0 Å². The SMILES string of the molecule is Cl.NNc1cncc(Cl)n1. The Morgan fingerprint density at radius 3 is 2.60 bits per heavy atom. The molecule has 1 rings (SSSR count). The molecular weight excluding hydrogens is 175 g/mol. The molecule has 1 heterocycles. The smallest absolute Gasteiger partial charge is 0.160 e. The summed E-state index contributed by atoms with van der Waals surface area (Å²) in [6.45, 7) is 0. The average molecular weight is 181 g/mol. The van der Waals surface area contributed by atoms with E-state index in [1.54, 1.807) is 0 Å². The Morgan fingerprint density at radius 1 is 1.50 bits per heavy atom. The van der Waals surface area contributed by atoms with E-state index < -0.39 is 0 Å². The van der Waals surface area contributed by atoms with Crippen molar-refractivity contribution in [1.82, 2.24) is 9.97 Å². The van der Waals surface area contributed by atoms with Gasteiger partial charge in [-0.2, -0.15) is 0 Å². The van der Waals surface area contributed by atoms with Crippen LogP contribution in [-0.4, -0.2) is 9.97 Å². The molecule has 0 aliphatic rings. The van der Waals surface area contributed by atoms with E-state index >= 15 is 0 Å². The molecule has 0 fully saturated rings. The van der Waals surface area contributed by atoms with E-state index in [1.807, 2.05) is 0 Å². The molecule has 6 heteroatoms. The highest BCUT2D eigenvalue weighted by molar-refractivity contribution is 6.29. The number of anilines is 1. The lowest BCUT2D eigenvalue weighted by atomic mass is 10.7. The number of halogens is 2. The van der Waals surface area contributed by atoms with Crippen LogP contribution in [0.15, 0.2) is 12.4 Å². The molecule has 0 saturated heterocycles. The Hall–Kier alpha value is -0.580. The zero-order chi connectivity index (χ0) is 6.69. The summed E-state index contributed by atoms with van der Waals surface area (Å²) in [5, 5.41) is 0.324. The zero-order valence-electron chi connectivity index (χ0n) is 4.91. The van der Waals surface area contributed by atoms with Crippen molar-refractivity contribution in [2.24, 2.45) is 5.84 Å². The second-order valence-electron chi connectivity index (χ2n) is 1.37. The van der Waals surface area contributed by atoms with Gasteiger partial charge in [0.15, 0.2) is 5.82 Å². The molecule has 3 N–H and O–H groups in total. The number of hydrogen-bond donors (Lipinski definition) is 2. The van der Waals surface area contributed by atoms with Gasteiger partial charge in [-0.05, 0) is 0 Å². The standard InChI is InChI=1S/C4H5ClN4.ClH/c5-3-1-7-2-4(8-3)9-6;/h1-2H,6H2,(H,8,9);1H. The second kappa shape index (κ2) is 4.27. The first-order valence-corrected chi connectivity index (χ1v) is 2.65. The van der Waals surface area contributed by atoms with E-state index in [1.165, 1.54) is 12.4 Å². The lowest BCUT2D eigenvalue weighted by Gasteiger charge is -1.94. The maximum atomic E-state index is 5.45. The van der Waals surface area contributed by atoms with Crippen LogP contribution in [0.5, 0.6) is 0 Å². The first-order valence-electron chi connectivity index (χ1n) is 2.27. The molecule has 0 aliphatic heterocycles. The monoisotopic (exact) mass is 180 g/mol. The number of nitrogens with one attached hydrogen (secondary N) is 1. The molecule has 0 aromatic carbocycles. The number of nitrogens with two attached hydrogens (primary N) is 1. The van der Waals surface area contributed by atoms with Crippen LogP contribution in [-0.2, 0) is 0 Å². The summed E-state index contributed by atoms with van der Waals surface area (Å²) in [5.41, 5.74) is 2.31. The largest absolute Gasteiger partial charge is 0.307 e. The van der Waals surface area contributed by atoms with Crippen molar-refractivity contribution < 1.29 is 0 Å². The third-order valence-electron chi connectivity index (χ3n) is 0.753. The van der Waals surface area contributed by atoms with E-state index in [0.717, 1.165) is 0 Å². The summed E-state index contributed by atoms with van der Waals surface area (Å²) < 4.78 is 0. The van der Waals surface area contributed by atoms with Crippen LogP contribution in [0.3, 0.4) is 0 Å². The predicted molar refractivity (Wildman–Crippen MR) is 42.1 cm³/mol. The van der Waals surface area contributed by atoms with Gasteiger partial charge in [-0.3, -0.25) is 4.98 Å². The molecule has 0 spiro atoms. The van der Waals surface area contributed by atoms with Gasteiger partial charge in [0.05, 0.1) is 12.4 Å². The van der Waals surface area contributed by atoms with Crippen LogP contribution in [0.4, 0.5) is 5.82 Å². The van der Waals surface area contributed by atoms with E-state index in [2.05, 4.69) is 15.4 Å². The summed E-state index contributed by atoms with van der Waals surface area (Å²) in [6, 6.07) is 0. The van der Waals surface area contributed by atoms with Gasteiger partial charge in [0, 0.05) is 0 Å². The van der Waals surface area contributed by atoms with Gasteiger partial charge in [0.2, 0.25) is 0 Å². The lowest BCUT2D eigenvalue weighted by molar-refractivity contribution is 1.16. The molecule has 0 bridgehead atoms. The number of nitrogen functional groups attached to an aromatic ring is 1. The van der Waals surface area contributed by atoms with Crippen LogP contribution >= 0.6 is 24.0 Å². The maximum Gasteiger partial charge on any atom is 0.160 e. The van der Waals surface area contributed by atoms with Crippen LogP contribution < -0.4 is 11.3 Å². The third kappa shape index (κ3) is 2.34. The third-order valence-corrected chi connectivity index (χ3v) is 0.935. The van der Waals surface area contributed by atoms with E-state index in [0.29, 0.717) is 11.0 Å². The molecule has 0 atom stereocenters. The highest BCUT2D eigenvalue weighted by Gasteiger charge is 1.89. The Bertz CT molecular complexity index is 204. The number of nitrogens with zero attached hydrogens (tertiary/aromatic N) is 2. The highest BCUT2D eigenvalue weighted by atomic mass is 35.5. The Morgan fingerprint density at radius 2 is 2.20 bits per heavy atom. The van der Waals surface area contributed by atoms with Crippen molar-refractivity contribution in [2.45, 2.75) is 0 Å². The summed E-state index contributed by atoms with van der Waals surface area (Å²) in [5.74, 6) is 5.47. The topological polar surface area (TPSA) is 63.8 Å². The van der Waals surface area contributed by atoms with Crippen LogP contribution in [0.2, 0.25) is 5.15 Å². The van der Waals surface area contributed by atoms with Crippen molar-refractivity contribution in [3.05, 3.63) is 17.5 Å². The molecule has 0 aliphatic carbocycles. The van der Waals surface area contributed by atoms with Crippen LogP contribution in [0.25, 0.3) is 0 Å². The number of rotatable bonds is 1. The van der Waals surface area contributed by atoms with Crippen molar-refractivity contribution in [3.8, 4) is 0 Å². The summed E-state index contributed by atoms with van der Waals surface area (Å²) >= 11 is 5.45. The van der Waals surface area contributed by atoms with Crippen molar-refractivity contribution in [1.29, 1.82) is 0 Å². The molecule has 1 aromatic heterocycles. The van der Waals surface area contributed by atoms with E-state index in [4.69, 9.17) is 17.4 Å². The molecule has 56 valence electrons. The van der Waals surface area contributed by atoms with Crippen LogP contribution in [0.1, 0.15) is 0 Å². The molecule has 0 unspecified atom stereocenters. The average Bonchev–Trinajstić information content (AvgIpc) is 1.88. The normalized spacial score (nSPS) is 8.20. The van der Waals surface area contributed by atoms with E-state index in [9.17, 15) is 0 Å². The minimum absolute atomic E-state index is 0. The first kappa shape index (κ1) is 9.42. The molecule has 1 aromatic rings. The van der Waals surface area contributed by atoms with Gasteiger partial charge in [-0.25, -0.2) is 10.8 Å². The minimum Gasteiger partial charge on any atom is -0.307 e. The molecule has 0 saturated carbocycles. The fourth-order valence-electron chi connectivity index (χ4n) is 0.412. The fraction of sp³-hybridized carbons (Fsp3) is 0. The summed E-state index contributed by atoms with van der Waals surface area (Å²) in [7, 11) is 0. The minimum atomic E-state index is 0. The van der Waals surface area contributed by atoms with Crippen molar-refractivity contribution >= 4 is 29.8 Å². The van der Waals surface area contributed by atoms with E-state index in [-0.39, 0.29) is 12.4 Å². The van der Waals surface area contributed by atoms with Gasteiger partial charge in [-0.15, -0.1) is 12.4 Å². The zero-order valence-corrected chi connectivity index (χ0v) is 6.49. The van der Waals surface area contributed by atoms with Crippen molar-refractivity contribution in [2.75, 3.05) is 5.43 Å². The van der Waals surface area contributed by atoms with Gasteiger partial charge >= 0.3 is 0 Å². The fourth-order valence-corrected chi connectivity index (χ4v) is 0.559. The predicted octanol–water partition coefficient (Wildman–Crippen LogP) is 0.837. The first-order chi connectivity index (χ1) is 4.33. The molecular formula is C4H6Cl2N4. The molecule has 4 nitrogen and oxygen atoms in total. The van der Waals surface area contributed by atoms with Gasteiger partial charge < -0.3 is 5.43 Å². The van der Waals surface area contributed by atoms with Crippen LogP contribution in [0, 0.1) is 0 Å². The maximum absolute atomic E-state index is 5.45. The Kier molecular flexibility index (Phi) is 4.02. The molecule has 10 heavy (non-hydrogen) atoms. The van der Waals surface area contributed by atoms with Gasteiger partial charge in [0.1, 0.15) is 5.15 Å². The summed E-state index contributed by atoms with van der Waals surface area (Å²) in [4.78, 5) is 7.48. The Labute approximate surface area is 69.2 Å². The number of aromatic nitrogens is 2. The quantitative estimate of drug-likeness (QED) is 0.497. The Balaban J connectivity index is 0.000000810. The van der Waals surface area contributed by atoms with Gasteiger partial charge in [0.25, 0.3) is 0 Å². The highest BCUT2D eigenvalue weighted by Crippen LogP contribution is 2.03. The number of hydrazine groups is 1. The molecule has 0 amide bonds. The number of hydrogen-bond acceptors (Lipinski definition) is 4. The lowest BCUT2D eigenvalue weighted by Crippen LogP contribution is -2.08. The molecule has 0 radical (unpaired) electrons. The van der Waals surface area contributed by atoms with Gasteiger partial charge in [-0.1, -0.05) is 11.6 Å². The second-order valence-corrected chi connectivity index (χ2v) is 1.76. The summed E-state index contributed by atoms with van der Waals surface area (Å²) in [6.07, 6.45) is 2.91.